The van der Waals surface area contributed by atoms with E-state index in [-0.39, 0.29) is 18.0 Å². The lowest BCUT2D eigenvalue weighted by Crippen LogP contribution is -2.45. The number of aromatic nitrogens is 2. The third kappa shape index (κ3) is 3.88. The molecule has 2 aromatic heterocycles. The number of carbonyl (C=O) groups excluding carboxylic acids is 1. The molecule has 0 saturated heterocycles. The summed E-state index contributed by atoms with van der Waals surface area (Å²) in [7, 11) is 0. The van der Waals surface area contributed by atoms with Gasteiger partial charge in [0, 0.05) is 5.54 Å². The van der Waals surface area contributed by atoms with Crippen molar-refractivity contribution >= 4 is 27.5 Å². The van der Waals surface area contributed by atoms with E-state index >= 15 is 0 Å². The second-order valence-corrected chi connectivity index (χ2v) is 8.70. The number of fused-ring (bicyclic) bond motifs is 1. The van der Waals surface area contributed by atoms with Gasteiger partial charge in [0.15, 0.2) is 0 Å². The van der Waals surface area contributed by atoms with E-state index in [9.17, 15) is 14.4 Å². The van der Waals surface area contributed by atoms with Gasteiger partial charge in [-0.3, -0.25) is 14.2 Å². The number of benzene rings is 1. The van der Waals surface area contributed by atoms with Gasteiger partial charge in [0.1, 0.15) is 11.2 Å². The SMILES string of the molecule is Cc1cc(C)cc(-n2c(=O)c3sccc3n(CC(=O)NC(C)(C)C)c2=O)c1. The van der Waals surface area contributed by atoms with Crippen molar-refractivity contribution in [1.82, 2.24) is 14.5 Å². The summed E-state index contributed by atoms with van der Waals surface area (Å²) < 4.78 is 2.98. The first kappa shape index (κ1) is 19.1. The molecule has 0 aliphatic heterocycles. The third-order valence-corrected chi connectivity index (χ3v) is 4.93. The molecule has 1 aromatic carbocycles. The molecule has 3 aromatic rings. The Morgan fingerprint density at radius 2 is 1.74 bits per heavy atom. The maximum absolute atomic E-state index is 13.2. The molecule has 0 aliphatic rings. The molecular weight excluding hydrogens is 362 g/mol. The molecule has 0 spiro atoms. The van der Waals surface area contributed by atoms with Crippen LogP contribution < -0.4 is 16.6 Å². The van der Waals surface area contributed by atoms with E-state index in [1.165, 1.54) is 15.9 Å². The van der Waals surface area contributed by atoms with Crippen LogP contribution in [0.1, 0.15) is 31.9 Å². The number of aryl methyl sites for hydroxylation is 2. The molecule has 1 N–H and O–H groups in total. The summed E-state index contributed by atoms with van der Waals surface area (Å²) in [5, 5.41) is 4.62. The Hall–Kier alpha value is -2.67. The van der Waals surface area contributed by atoms with Crippen LogP contribution in [0.3, 0.4) is 0 Å². The molecule has 0 fully saturated rings. The molecule has 142 valence electrons. The van der Waals surface area contributed by atoms with Crippen LogP contribution >= 0.6 is 11.3 Å². The molecule has 0 aliphatic carbocycles. The van der Waals surface area contributed by atoms with Crippen molar-refractivity contribution in [3.63, 3.8) is 0 Å². The van der Waals surface area contributed by atoms with Crippen LogP contribution in [0.15, 0.2) is 39.2 Å². The second kappa shape index (κ2) is 6.81. The monoisotopic (exact) mass is 385 g/mol. The lowest BCUT2D eigenvalue weighted by atomic mass is 10.1. The van der Waals surface area contributed by atoms with Gasteiger partial charge in [-0.05, 0) is 69.3 Å². The van der Waals surface area contributed by atoms with Crippen LogP contribution in [-0.2, 0) is 11.3 Å². The quantitative estimate of drug-likeness (QED) is 0.753. The second-order valence-electron chi connectivity index (χ2n) is 7.79. The Bertz CT molecular complexity index is 1130. The number of carbonyl (C=O) groups is 1. The zero-order chi connectivity index (χ0) is 19.9. The van der Waals surface area contributed by atoms with Gasteiger partial charge >= 0.3 is 5.69 Å². The number of amides is 1. The Morgan fingerprint density at radius 1 is 1.11 bits per heavy atom. The molecule has 0 bridgehead atoms. The fraction of sp³-hybridized carbons (Fsp3) is 0.350. The van der Waals surface area contributed by atoms with Crippen molar-refractivity contribution < 1.29 is 4.79 Å². The standard InChI is InChI=1S/C20H23N3O3S/c1-12-8-13(2)10-14(9-12)23-18(25)17-15(6-7-27-17)22(19(23)26)11-16(24)21-20(3,4)5/h6-10H,11H2,1-5H3,(H,21,24). The van der Waals surface area contributed by atoms with E-state index in [1.54, 1.807) is 23.6 Å². The first-order valence-corrected chi connectivity index (χ1v) is 9.57. The van der Waals surface area contributed by atoms with Gasteiger partial charge in [-0.1, -0.05) is 6.07 Å². The van der Waals surface area contributed by atoms with E-state index in [4.69, 9.17) is 0 Å². The minimum absolute atomic E-state index is 0.144. The summed E-state index contributed by atoms with van der Waals surface area (Å²) in [6.45, 7) is 9.33. The Labute approximate surface area is 161 Å². The number of nitrogens with one attached hydrogen (secondary N) is 1. The first-order chi connectivity index (χ1) is 12.6. The number of hydrogen-bond acceptors (Lipinski definition) is 4. The fourth-order valence-corrected chi connectivity index (χ4v) is 3.97. The van der Waals surface area contributed by atoms with Crippen LogP contribution in [0.5, 0.6) is 0 Å². The first-order valence-electron chi connectivity index (χ1n) is 8.69. The minimum atomic E-state index is -0.514. The zero-order valence-corrected chi connectivity index (χ0v) is 16.9. The van der Waals surface area contributed by atoms with Crippen molar-refractivity contribution in [2.24, 2.45) is 0 Å². The molecule has 2 heterocycles. The predicted octanol–water partition coefficient (Wildman–Crippen LogP) is 2.75. The van der Waals surface area contributed by atoms with E-state index in [0.29, 0.717) is 15.9 Å². The molecule has 0 atom stereocenters. The molecule has 6 nitrogen and oxygen atoms in total. The maximum Gasteiger partial charge on any atom is 0.336 e. The van der Waals surface area contributed by atoms with Crippen LogP contribution in [0, 0.1) is 13.8 Å². The molecule has 0 saturated carbocycles. The van der Waals surface area contributed by atoms with Gasteiger partial charge in [-0.25, -0.2) is 9.36 Å². The van der Waals surface area contributed by atoms with Gasteiger partial charge in [-0.15, -0.1) is 11.3 Å². The van der Waals surface area contributed by atoms with Crippen molar-refractivity contribution in [3.8, 4) is 5.69 Å². The van der Waals surface area contributed by atoms with Crippen molar-refractivity contribution in [2.75, 3.05) is 0 Å². The third-order valence-electron chi connectivity index (χ3n) is 4.04. The van der Waals surface area contributed by atoms with Crippen LogP contribution in [0.4, 0.5) is 0 Å². The van der Waals surface area contributed by atoms with Crippen molar-refractivity contribution in [3.05, 3.63) is 61.6 Å². The van der Waals surface area contributed by atoms with Gasteiger partial charge in [-0.2, -0.15) is 0 Å². The number of nitrogens with zero attached hydrogens (tertiary/aromatic N) is 2. The highest BCUT2D eigenvalue weighted by Gasteiger charge is 2.20. The van der Waals surface area contributed by atoms with Crippen molar-refractivity contribution in [1.29, 1.82) is 0 Å². The normalized spacial score (nSPS) is 11.7. The number of hydrogen-bond donors (Lipinski definition) is 1. The fourth-order valence-electron chi connectivity index (χ4n) is 3.15. The molecule has 27 heavy (non-hydrogen) atoms. The zero-order valence-electron chi connectivity index (χ0n) is 16.1. The molecule has 0 radical (unpaired) electrons. The predicted molar refractivity (Wildman–Crippen MR) is 109 cm³/mol. The highest BCUT2D eigenvalue weighted by Crippen LogP contribution is 2.17. The molecule has 7 heteroatoms. The van der Waals surface area contributed by atoms with Crippen LogP contribution in [-0.4, -0.2) is 20.6 Å². The smallest absolute Gasteiger partial charge is 0.336 e. The highest BCUT2D eigenvalue weighted by atomic mass is 32.1. The van der Waals surface area contributed by atoms with Gasteiger partial charge in [0.05, 0.1) is 11.2 Å². The van der Waals surface area contributed by atoms with Gasteiger partial charge < -0.3 is 5.32 Å². The average molecular weight is 385 g/mol. The van der Waals surface area contributed by atoms with Gasteiger partial charge in [0.25, 0.3) is 5.56 Å². The average Bonchev–Trinajstić information content (AvgIpc) is 2.98. The lowest BCUT2D eigenvalue weighted by molar-refractivity contribution is -0.123. The Balaban J connectivity index is 2.23. The van der Waals surface area contributed by atoms with E-state index < -0.39 is 11.2 Å². The number of thiophene rings is 1. The molecule has 0 unspecified atom stereocenters. The Kier molecular flexibility index (Phi) is 4.82. The highest BCUT2D eigenvalue weighted by molar-refractivity contribution is 7.17. The summed E-state index contributed by atoms with van der Waals surface area (Å²) in [6, 6.07) is 7.29. The summed E-state index contributed by atoms with van der Waals surface area (Å²) in [5.41, 5.74) is 1.64. The molecular formula is C20H23N3O3S. The summed E-state index contributed by atoms with van der Waals surface area (Å²) in [5.74, 6) is -0.275. The maximum atomic E-state index is 13.2. The Morgan fingerprint density at radius 3 is 2.33 bits per heavy atom. The topological polar surface area (TPSA) is 73.1 Å². The summed E-state index contributed by atoms with van der Waals surface area (Å²) >= 11 is 1.27. The van der Waals surface area contributed by atoms with E-state index in [2.05, 4.69) is 5.32 Å². The largest absolute Gasteiger partial charge is 0.350 e. The van der Waals surface area contributed by atoms with Gasteiger partial charge in [0.2, 0.25) is 5.91 Å². The van der Waals surface area contributed by atoms with E-state index in [0.717, 1.165) is 15.7 Å². The number of rotatable bonds is 3. The van der Waals surface area contributed by atoms with E-state index in [1.807, 2.05) is 40.7 Å². The summed E-state index contributed by atoms with van der Waals surface area (Å²) in [6.07, 6.45) is 0. The molecule has 1 amide bonds. The van der Waals surface area contributed by atoms with Crippen LogP contribution in [0.25, 0.3) is 15.9 Å². The summed E-state index contributed by atoms with van der Waals surface area (Å²) in [4.78, 5) is 38.6. The molecule has 3 rings (SSSR count). The lowest BCUT2D eigenvalue weighted by Gasteiger charge is -2.21. The minimum Gasteiger partial charge on any atom is -0.350 e. The van der Waals surface area contributed by atoms with Crippen LogP contribution in [0.2, 0.25) is 0 Å². The van der Waals surface area contributed by atoms with Crippen molar-refractivity contribution in [2.45, 2.75) is 46.7 Å².